The van der Waals surface area contributed by atoms with Crippen molar-refractivity contribution in [3.05, 3.63) is 17.5 Å². The molecule has 0 radical (unpaired) electrons. The molecule has 0 aliphatic heterocycles. The summed E-state index contributed by atoms with van der Waals surface area (Å²) in [6.45, 7) is 16.4. The van der Waals surface area contributed by atoms with E-state index in [0.29, 0.717) is 0 Å². The predicted octanol–water partition coefficient (Wildman–Crippen LogP) is 3.50. The lowest BCUT2D eigenvalue weighted by Gasteiger charge is -2.19. The molecule has 0 aromatic carbocycles. The van der Waals surface area contributed by atoms with E-state index in [1.807, 2.05) is 0 Å². The van der Waals surface area contributed by atoms with Gasteiger partial charge in [-0.15, -0.1) is 0 Å². The number of aromatic nitrogens is 2. The molecule has 1 heterocycles. The van der Waals surface area contributed by atoms with Crippen LogP contribution in [0.3, 0.4) is 0 Å². The first kappa shape index (κ1) is 12.3. The van der Waals surface area contributed by atoms with Gasteiger partial charge >= 0.3 is 0 Å². The summed E-state index contributed by atoms with van der Waals surface area (Å²) >= 11 is 0. The molecule has 0 aliphatic carbocycles. The fourth-order valence-electron chi connectivity index (χ4n) is 1.63. The third-order valence-corrected chi connectivity index (χ3v) is 2.62. The van der Waals surface area contributed by atoms with Crippen molar-refractivity contribution in [2.24, 2.45) is 0 Å². The molecule has 0 saturated carbocycles. The van der Waals surface area contributed by atoms with Crippen molar-refractivity contribution >= 4 is 0 Å². The van der Waals surface area contributed by atoms with Crippen LogP contribution in [0.2, 0.25) is 0 Å². The average Bonchev–Trinajstić information content (AvgIpc) is 2.44. The standard InChI is InChI=1S/C13H24N2/c1-8-15-11(13(5,6)7)9-10(14-15)12(2,3)4/h9H,8H2,1-7H3. The van der Waals surface area contributed by atoms with Crippen LogP contribution in [-0.4, -0.2) is 9.78 Å². The Morgan fingerprint density at radius 2 is 1.60 bits per heavy atom. The van der Waals surface area contributed by atoms with Gasteiger partial charge in [-0.05, 0) is 13.0 Å². The Morgan fingerprint density at radius 1 is 1.07 bits per heavy atom. The molecule has 15 heavy (non-hydrogen) atoms. The summed E-state index contributed by atoms with van der Waals surface area (Å²) in [5.74, 6) is 0. The maximum absolute atomic E-state index is 4.68. The van der Waals surface area contributed by atoms with E-state index in [9.17, 15) is 0 Å². The van der Waals surface area contributed by atoms with E-state index >= 15 is 0 Å². The van der Waals surface area contributed by atoms with Gasteiger partial charge in [0, 0.05) is 23.1 Å². The summed E-state index contributed by atoms with van der Waals surface area (Å²) in [5, 5.41) is 4.68. The zero-order valence-electron chi connectivity index (χ0n) is 11.2. The molecule has 86 valence electrons. The number of hydrogen-bond donors (Lipinski definition) is 0. The van der Waals surface area contributed by atoms with E-state index in [1.165, 1.54) is 11.4 Å². The Morgan fingerprint density at radius 3 is 1.87 bits per heavy atom. The minimum absolute atomic E-state index is 0.139. The largest absolute Gasteiger partial charge is 0.269 e. The summed E-state index contributed by atoms with van der Waals surface area (Å²) < 4.78 is 2.13. The summed E-state index contributed by atoms with van der Waals surface area (Å²) in [6.07, 6.45) is 0. The Balaban J connectivity index is 3.24. The Kier molecular flexibility index (Phi) is 2.99. The third-order valence-electron chi connectivity index (χ3n) is 2.62. The van der Waals surface area contributed by atoms with Crippen LogP contribution in [0.15, 0.2) is 6.07 Å². The fraction of sp³-hybridized carbons (Fsp3) is 0.769. The van der Waals surface area contributed by atoms with Gasteiger partial charge in [0.2, 0.25) is 0 Å². The number of nitrogens with zero attached hydrogens (tertiary/aromatic N) is 2. The molecule has 0 unspecified atom stereocenters. The minimum Gasteiger partial charge on any atom is -0.269 e. The molecule has 2 nitrogen and oxygen atoms in total. The van der Waals surface area contributed by atoms with Crippen LogP contribution >= 0.6 is 0 Å². The zero-order chi connectivity index (χ0) is 11.9. The van der Waals surface area contributed by atoms with Crippen molar-refractivity contribution < 1.29 is 0 Å². The number of aryl methyl sites for hydroxylation is 1. The molecular weight excluding hydrogens is 184 g/mol. The van der Waals surface area contributed by atoms with E-state index in [4.69, 9.17) is 0 Å². The van der Waals surface area contributed by atoms with Gasteiger partial charge in [-0.3, -0.25) is 4.68 Å². The molecule has 1 aromatic heterocycles. The van der Waals surface area contributed by atoms with Crippen molar-refractivity contribution in [1.29, 1.82) is 0 Å². The monoisotopic (exact) mass is 208 g/mol. The molecular formula is C13H24N2. The molecule has 0 N–H and O–H groups in total. The second-order valence-electron chi connectivity index (χ2n) is 6.23. The second-order valence-corrected chi connectivity index (χ2v) is 6.23. The van der Waals surface area contributed by atoms with Crippen LogP contribution in [-0.2, 0) is 17.4 Å². The Hall–Kier alpha value is -0.790. The highest BCUT2D eigenvalue weighted by Crippen LogP contribution is 2.28. The van der Waals surface area contributed by atoms with Crippen molar-refractivity contribution in [3.8, 4) is 0 Å². The van der Waals surface area contributed by atoms with E-state index in [0.717, 1.165) is 6.54 Å². The predicted molar refractivity (Wildman–Crippen MR) is 65.3 cm³/mol. The van der Waals surface area contributed by atoms with Crippen LogP contribution < -0.4 is 0 Å². The maximum Gasteiger partial charge on any atom is 0.0681 e. The molecule has 1 aromatic rings. The quantitative estimate of drug-likeness (QED) is 0.690. The van der Waals surface area contributed by atoms with Crippen LogP contribution in [0.5, 0.6) is 0 Å². The number of hydrogen-bond acceptors (Lipinski definition) is 1. The molecule has 2 heteroatoms. The van der Waals surface area contributed by atoms with E-state index in [-0.39, 0.29) is 10.8 Å². The lowest BCUT2D eigenvalue weighted by atomic mass is 9.88. The van der Waals surface area contributed by atoms with E-state index in [2.05, 4.69) is 64.3 Å². The Bertz CT molecular complexity index is 334. The summed E-state index contributed by atoms with van der Waals surface area (Å²) in [4.78, 5) is 0. The molecule has 0 spiro atoms. The lowest BCUT2D eigenvalue weighted by molar-refractivity contribution is 0.488. The van der Waals surface area contributed by atoms with Gasteiger partial charge in [0.15, 0.2) is 0 Å². The average molecular weight is 208 g/mol. The van der Waals surface area contributed by atoms with Crippen molar-refractivity contribution in [2.45, 2.75) is 65.8 Å². The normalized spacial score (nSPS) is 13.3. The van der Waals surface area contributed by atoms with Crippen molar-refractivity contribution in [2.75, 3.05) is 0 Å². The van der Waals surface area contributed by atoms with Crippen LogP contribution in [0.25, 0.3) is 0 Å². The van der Waals surface area contributed by atoms with E-state index < -0.39 is 0 Å². The zero-order valence-corrected chi connectivity index (χ0v) is 11.2. The summed E-state index contributed by atoms with van der Waals surface area (Å²) in [5.41, 5.74) is 2.83. The molecule has 0 atom stereocenters. The Labute approximate surface area is 93.7 Å². The van der Waals surface area contributed by atoms with Gasteiger partial charge in [0.05, 0.1) is 5.69 Å². The fourth-order valence-corrected chi connectivity index (χ4v) is 1.63. The summed E-state index contributed by atoms with van der Waals surface area (Å²) in [6, 6.07) is 2.25. The molecule has 1 rings (SSSR count). The van der Waals surface area contributed by atoms with Gasteiger partial charge in [0.1, 0.15) is 0 Å². The minimum atomic E-state index is 0.139. The number of rotatable bonds is 1. The molecule has 0 amide bonds. The first-order chi connectivity index (χ1) is 6.66. The molecule has 0 saturated heterocycles. The van der Waals surface area contributed by atoms with Gasteiger partial charge in [-0.1, -0.05) is 41.5 Å². The highest BCUT2D eigenvalue weighted by atomic mass is 15.3. The molecule has 0 aliphatic rings. The van der Waals surface area contributed by atoms with E-state index in [1.54, 1.807) is 0 Å². The molecule has 0 fully saturated rings. The summed E-state index contributed by atoms with van der Waals surface area (Å²) in [7, 11) is 0. The molecule has 0 bridgehead atoms. The topological polar surface area (TPSA) is 17.8 Å². The maximum atomic E-state index is 4.68. The lowest BCUT2D eigenvalue weighted by Crippen LogP contribution is -2.17. The van der Waals surface area contributed by atoms with Crippen LogP contribution in [0.4, 0.5) is 0 Å². The van der Waals surface area contributed by atoms with Crippen molar-refractivity contribution in [1.82, 2.24) is 9.78 Å². The first-order valence-corrected chi connectivity index (χ1v) is 5.75. The highest BCUT2D eigenvalue weighted by Gasteiger charge is 2.24. The van der Waals surface area contributed by atoms with Gasteiger partial charge < -0.3 is 0 Å². The highest BCUT2D eigenvalue weighted by molar-refractivity contribution is 5.22. The second kappa shape index (κ2) is 3.66. The van der Waals surface area contributed by atoms with Gasteiger partial charge in [-0.2, -0.15) is 5.10 Å². The van der Waals surface area contributed by atoms with Crippen LogP contribution in [0.1, 0.15) is 59.9 Å². The third kappa shape index (κ3) is 2.61. The smallest absolute Gasteiger partial charge is 0.0681 e. The first-order valence-electron chi connectivity index (χ1n) is 5.75. The van der Waals surface area contributed by atoms with Gasteiger partial charge in [-0.25, -0.2) is 0 Å². The SMILES string of the molecule is CCn1nc(C(C)(C)C)cc1C(C)(C)C. The van der Waals surface area contributed by atoms with Crippen molar-refractivity contribution in [3.63, 3.8) is 0 Å². The van der Waals surface area contributed by atoms with Crippen LogP contribution in [0, 0.1) is 0 Å². The van der Waals surface area contributed by atoms with Gasteiger partial charge in [0.25, 0.3) is 0 Å².